The summed E-state index contributed by atoms with van der Waals surface area (Å²) in [6.07, 6.45) is 1.63. The van der Waals surface area contributed by atoms with Crippen LogP contribution in [0.5, 0.6) is 0 Å². The number of aromatic nitrogens is 2. The van der Waals surface area contributed by atoms with Gasteiger partial charge in [0.1, 0.15) is 6.04 Å². The van der Waals surface area contributed by atoms with E-state index in [9.17, 15) is 14.4 Å². The van der Waals surface area contributed by atoms with Gasteiger partial charge < -0.3 is 19.2 Å². The fraction of sp³-hybridized carbons (Fsp3) is 0.389. The summed E-state index contributed by atoms with van der Waals surface area (Å²) in [6.45, 7) is 3.33. The Bertz CT molecular complexity index is 771. The van der Waals surface area contributed by atoms with Gasteiger partial charge in [0.15, 0.2) is 6.61 Å². The van der Waals surface area contributed by atoms with Gasteiger partial charge in [0.05, 0.1) is 12.7 Å². The molecule has 1 amide bonds. The first-order valence-electron chi connectivity index (χ1n) is 8.31. The first-order valence-corrected chi connectivity index (χ1v) is 8.31. The predicted molar refractivity (Wildman–Crippen MR) is 93.4 cm³/mol. The maximum atomic E-state index is 12.1. The summed E-state index contributed by atoms with van der Waals surface area (Å²) in [7, 11) is 1.25. The highest BCUT2D eigenvalue weighted by atomic mass is 16.5. The third-order valence-corrected chi connectivity index (χ3v) is 3.59. The highest BCUT2D eigenvalue weighted by Crippen LogP contribution is 2.17. The number of esters is 2. The Hall–Kier alpha value is -3.23. The minimum Gasteiger partial charge on any atom is -0.467 e. The molecule has 0 saturated heterocycles. The molecule has 1 heterocycles. The number of nitrogens with zero attached hydrogens (tertiary/aromatic N) is 2. The lowest BCUT2D eigenvalue weighted by Gasteiger charge is -2.18. The monoisotopic (exact) mass is 375 g/mol. The normalized spacial score (nSPS) is 11.7. The molecule has 0 aliphatic rings. The minimum absolute atomic E-state index is 0.175. The second-order valence-electron chi connectivity index (χ2n) is 6.17. The van der Waals surface area contributed by atoms with E-state index in [0.29, 0.717) is 17.9 Å². The van der Waals surface area contributed by atoms with Crippen LogP contribution in [0.2, 0.25) is 0 Å². The summed E-state index contributed by atoms with van der Waals surface area (Å²) < 4.78 is 14.7. The Labute approximate surface area is 156 Å². The van der Waals surface area contributed by atoms with Gasteiger partial charge in [-0.3, -0.25) is 4.79 Å². The second-order valence-corrected chi connectivity index (χ2v) is 6.17. The number of ether oxygens (including phenoxy) is 2. The van der Waals surface area contributed by atoms with Crippen molar-refractivity contribution >= 4 is 17.8 Å². The van der Waals surface area contributed by atoms with E-state index in [0.717, 1.165) is 0 Å². The number of carbonyl (C=O) groups is 3. The average molecular weight is 375 g/mol. The van der Waals surface area contributed by atoms with Gasteiger partial charge in [-0.05, 0) is 36.6 Å². The van der Waals surface area contributed by atoms with Gasteiger partial charge in [-0.2, -0.15) is 0 Å². The van der Waals surface area contributed by atoms with Crippen LogP contribution >= 0.6 is 0 Å². The van der Waals surface area contributed by atoms with E-state index in [1.54, 1.807) is 12.1 Å². The molecule has 0 unspecified atom stereocenters. The molecule has 9 heteroatoms. The molecular weight excluding hydrogens is 354 g/mol. The first-order chi connectivity index (χ1) is 12.9. The van der Waals surface area contributed by atoms with Gasteiger partial charge in [-0.15, -0.1) is 10.2 Å². The number of rotatable bonds is 8. The average Bonchev–Trinajstić information content (AvgIpc) is 3.19. The smallest absolute Gasteiger partial charge is 0.338 e. The van der Waals surface area contributed by atoms with Gasteiger partial charge in [-0.25, -0.2) is 9.59 Å². The van der Waals surface area contributed by atoms with Gasteiger partial charge in [-0.1, -0.05) is 13.8 Å². The number of methoxy groups -OCH3 is 1. The van der Waals surface area contributed by atoms with E-state index in [4.69, 9.17) is 9.15 Å². The van der Waals surface area contributed by atoms with Crippen LogP contribution in [0.25, 0.3) is 11.5 Å². The minimum atomic E-state index is -0.783. The molecule has 2 aromatic rings. The van der Waals surface area contributed by atoms with Crippen molar-refractivity contribution < 1.29 is 28.3 Å². The molecule has 9 nitrogen and oxygen atoms in total. The molecule has 0 radical (unpaired) electrons. The van der Waals surface area contributed by atoms with Crippen molar-refractivity contribution in [1.29, 1.82) is 0 Å². The number of amides is 1. The van der Waals surface area contributed by atoms with Crippen molar-refractivity contribution in [2.75, 3.05) is 13.7 Å². The molecule has 0 bridgehead atoms. The van der Waals surface area contributed by atoms with Crippen LogP contribution in [0.1, 0.15) is 30.6 Å². The molecular formula is C18H21N3O6. The maximum Gasteiger partial charge on any atom is 0.338 e. The van der Waals surface area contributed by atoms with E-state index in [1.807, 2.05) is 13.8 Å². The fourth-order valence-corrected chi connectivity index (χ4v) is 2.33. The molecule has 1 atom stereocenters. The lowest BCUT2D eigenvalue weighted by Crippen LogP contribution is -2.44. The Morgan fingerprint density at radius 3 is 2.44 bits per heavy atom. The molecule has 1 aromatic carbocycles. The molecule has 27 heavy (non-hydrogen) atoms. The Balaban J connectivity index is 1.88. The van der Waals surface area contributed by atoms with E-state index >= 15 is 0 Å². The highest BCUT2D eigenvalue weighted by Gasteiger charge is 2.23. The van der Waals surface area contributed by atoms with Crippen LogP contribution < -0.4 is 5.32 Å². The van der Waals surface area contributed by atoms with Crippen molar-refractivity contribution in [3.05, 3.63) is 36.2 Å². The number of benzene rings is 1. The van der Waals surface area contributed by atoms with E-state index in [-0.39, 0.29) is 11.5 Å². The summed E-state index contributed by atoms with van der Waals surface area (Å²) in [5, 5.41) is 9.86. The van der Waals surface area contributed by atoms with Crippen molar-refractivity contribution in [1.82, 2.24) is 15.5 Å². The SMILES string of the molecule is COC(=O)[C@H](CC(C)C)NC(=O)COC(=O)c1ccc(-c2nnco2)cc1. The summed E-state index contributed by atoms with van der Waals surface area (Å²) in [5.41, 5.74) is 0.911. The first kappa shape index (κ1) is 20.1. The molecule has 0 aliphatic carbocycles. The van der Waals surface area contributed by atoms with Gasteiger partial charge in [0.2, 0.25) is 12.3 Å². The number of hydrogen-bond acceptors (Lipinski definition) is 8. The van der Waals surface area contributed by atoms with Crippen LogP contribution in [0.4, 0.5) is 0 Å². The lowest BCUT2D eigenvalue weighted by atomic mass is 10.0. The van der Waals surface area contributed by atoms with Crippen molar-refractivity contribution in [2.45, 2.75) is 26.3 Å². The fourth-order valence-electron chi connectivity index (χ4n) is 2.33. The van der Waals surface area contributed by atoms with Crippen LogP contribution in [0, 0.1) is 5.92 Å². The van der Waals surface area contributed by atoms with E-state index < -0.39 is 30.5 Å². The molecule has 0 spiro atoms. The van der Waals surface area contributed by atoms with Gasteiger partial charge in [0.25, 0.3) is 5.91 Å². The molecule has 1 aromatic heterocycles. The summed E-state index contributed by atoms with van der Waals surface area (Å²) >= 11 is 0. The van der Waals surface area contributed by atoms with Gasteiger partial charge in [0, 0.05) is 5.56 Å². The van der Waals surface area contributed by atoms with Gasteiger partial charge >= 0.3 is 11.9 Å². The molecule has 0 fully saturated rings. The Morgan fingerprint density at radius 1 is 1.19 bits per heavy atom. The standard InChI is InChI=1S/C18H21N3O6/c1-11(2)8-14(18(24)25-3)20-15(22)9-26-17(23)13-6-4-12(5-7-13)16-21-19-10-27-16/h4-7,10-11,14H,8-9H2,1-3H3,(H,20,22)/t14-/m0/s1. The van der Waals surface area contributed by atoms with Crippen molar-refractivity contribution in [3.8, 4) is 11.5 Å². The molecule has 2 rings (SSSR count). The summed E-state index contributed by atoms with van der Waals surface area (Å²) in [4.78, 5) is 35.7. The van der Waals surface area contributed by atoms with Crippen LogP contribution in [-0.2, 0) is 19.1 Å². The zero-order valence-corrected chi connectivity index (χ0v) is 15.3. The number of nitrogens with one attached hydrogen (secondary N) is 1. The molecule has 1 N–H and O–H groups in total. The largest absolute Gasteiger partial charge is 0.467 e. The predicted octanol–water partition coefficient (Wildman–Crippen LogP) is 1.60. The third kappa shape index (κ3) is 5.91. The Morgan fingerprint density at radius 2 is 1.89 bits per heavy atom. The second kappa shape index (κ2) is 9.46. The summed E-state index contributed by atoms with van der Waals surface area (Å²) in [6, 6.07) is 5.51. The zero-order valence-electron chi connectivity index (χ0n) is 15.3. The maximum absolute atomic E-state index is 12.1. The lowest BCUT2D eigenvalue weighted by molar-refractivity contribution is -0.145. The Kier molecular flexibility index (Phi) is 7.04. The summed E-state index contributed by atoms with van der Waals surface area (Å²) in [5.74, 6) is -1.29. The topological polar surface area (TPSA) is 121 Å². The van der Waals surface area contributed by atoms with Crippen LogP contribution in [0.3, 0.4) is 0 Å². The van der Waals surface area contributed by atoms with Crippen molar-refractivity contribution in [3.63, 3.8) is 0 Å². The van der Waals surface area contributed by atoms with E-state index in [1.165, 1.54) is 25.6 Å². The number of carbonyl (C=O) groups excluding carboxylic acids is 3. The molecule has 0 saturated carbocycles. The molecule has 144 valence electrons. The number of hydrogen-bond donors (Lipinski definition) is 1. The van der Waals surface area contributed by atoms with Crippen molar-refractivity contribution in [2.24, 2.45) is 5.92 Å². The quantitative estimate of drug-likeness (QED) is 0.691. The molecule has 0 aliphatic heterocycles. The third-order valence-electron chi connectivity index (χ3n) is 3.59. The van der Waals surface area contributed by atoms with Crippen LogP contribution in [0.15, 0.2) is 35.1 Å². The van der Waals surface area contributed by atoms with E-state index in [2.05, 4.69) is 20.3 Å². The highest BCUT2D eigenvalue weighted by molar-refractivity contribution is 5.92. The van der Waals surface area contributed by atoms with Crippen LogP contribution in [-0.4, -0.2) is 47.8 Å². The zero-order chi connectivity index (χ0) is 19.8.